The molecule has 1 aromatic carbocycles. The number of nitrogens with zero attached hydrogens (tertiary/aromatic N) is 1. The van der Waals surface area contributed by atoms with Crippen molar-refractivity contribution in [1.29, 1.82) is 5.26 Å². The van der Waals surface area contributed by atoms with E-state index in [2.05, 4.69) is 0 Å². The van der Waals surface area contributed by atoms with Crippen LogP contribution in [-0.2, 0) is 16.3 Å². The van der Waals surface area contributed by atoms with Gasteiger partial charge >= 0.3 is 0 Å². The molecule has 112 valence electrons. The second kappa shape index (κ2) is 5.34. The lowest BCUT2D eigenvalue weighted by molar-refractivity contribution is 0.0961. The Morgan fingerprint density at radius 3 is 2.50 bits per heavy atom. The Balaban J connectivity index is 2.14. The fourth-order valence-electron chi connectivity index (χ4n) is 2.88. The summed E-state index contributed by atoms with van der Waals surface area (Å²) in [4.78, 5) is 12.8. The highest BCUT2D eigenvalue weighted by molar-refractivity contribution is 7.92. The third-order valence-electron chi connectivity index (χ3n) is 3.85. The van der Waals surface area contributed by atoms with E-state index in [0.29, 0.717) is 16.9 Å². The van der Waals surface area contributed by atoms with Crippen molar-refractivity contribution < 1.29 is 13.2 Å². The molecular weight excluding hydrogens is 318 g/mol. The third-order valence-corrected chi connectivity index (χ3v) is 6.81. The van der Waals surface area contributed by atoms with Crippen LogP contribution in [0.3, 0.4) is 0 Å². The first-order valence-electron chi connectivity index (χ1n) is 6.75. The highest BCUT2D eigenvalue weighted by Crippen LogP contribution is 2.41. The minimum atomic E-state index is -3.50. The lowest BCUT2D eigenvalue weighted by Gasteiger charge is -2.22. The van der Waals surface area contributed by atoms with Crippen molar-refractivity contribution in [1.82, 2.24) is 0 Å². The topological polar surface area (TPSA) is 75.0 Å². The normalized spacial score (nSPS) is 17.8. The SMILES string of the molecule is CS(=O)(=O)c1sc(C#N)c2c1C(=O)C[C@@H](c1ccccc1)C2. The molecular formula is C16H13NO3S2. The van der Waals surface area contributed by atoms with E-state index in [-0.39, 0.29) is 27.9 Å². The van der Waals surface area contributed by atoms with E-state index in [1.165, 1.54) is 0 Å². The molecule has 0 bridgehead atoms. The number of carbonyl (C=O) groups is 1. The Morgan fingerprint density at radius 1 is 1.23 bits per heavy atom. The van der Waals surface area contributed by atoms with Crippen molar-refractivity contribution in [3.05, 3.63) is 51.9 Å². The molecule has 22 heavy (non-hydrogen) atoms. The molecule has 6 heteroatoms. The van der Waals surface area contributed by atoms with E-state index in [0.717, 1.165) is 23.2 Å². The molecule has 0 unspecified atom stereocenters. The van der Waals surface area contributed by atoms with Crippen molar-refractivity contribution in [2.75, 3.05) is 6.26 Å². The van der Waals surface area contributed by atoms with Gasteiger partial charge in [-0.1, -0.05) is 30.3 Å². The van der Waals surface area contributed by atoms with Gasteiger partial charge in [0.2, 0.25) is 0 Å². The highest BCUT2D eigenvalue weighted by atomic mass is 32.2. The molecule has 2 aromatic rings. The van der Waals surface area contributed by atoms with Crippen LogP contribution in [0.1, 0.15) is 38.7 Å². The Morgan fingerprint density at radius 2 is 1.91 bits per heavy atom. The number of nitriles is 1. The maximum Gasteiger partial charge on any atom is 0.185 e. The number of thiophene rings is 1. The maximum absolute atomic E-state index is 12.5. The van der Waals surface area contributed by atoms with Gasteiger partial charge in [0.15, 0.2) is 15.6 Å². The second-order valence-corrected chi connectivity index (χ2v) is 8.63. The van der Waals surface area contributed by atoms with E-state index >= 15 is 0 Å². The van der Waals surface area contributed by atoms with Crippen molar-refractivity contribution >= 4 is 27.0 Å². The number of ketones is 1. The van der Waals surface area contributed by atoms with E-state index in [9.17, 15) is 18.5 Å². The van der Waals surface area contributed by atoms with Gasteiger partial charge in [-0.25, -0.2) is 8.42 Å². The van der Waals surface area contributed by atoms with Crippen LogP contribution in [0.15, 0.2) is 34.5 Å². The average molecular weight is 331 g/mol. The molecule has 4 nitrogen and oxygen atoms in total. The summed E-state index contributed by atoms with van der Waals surface area (Å²) in [6.07, 6.45) is 1.89. The Labute approximate surface area is 132 Å². The van der Waals surface area contributed by atoms with Gasteiger partial charge in [0.05, 0.1) is 5.56 Å². The van der Waals surface area contributed by atoms with Gasteiger partial charge in [0.25, 0.3) is 0 Å². The number of hydrogen-bond donors (Lipinski definition) is 0. The standard InChI is InChI=1S/C16H13NO3S2/c1-22(19,20)16-15-12(14(9-17)21-16)7-11(8-13(15)18)10-5-3-2-4-6-10/h2-6,11H,7-8H2,1H3/t11-/m0/s1. The number of hydrogen-bond acceptors (Lipinski definition) is 5. The minimum absolute atomic E-state index is 0.00434. The summed E-state index contributed by atoms with van der Waals surface area (Å²) in [6, 6.07) is 11.7. The van der Waals surface area contributed by atoms with Gasteiger partial charge in [-0.3, -0.25) is 4.79 Å². The quantitative estimate of drug-likeness (QED) is 0.848. The maximum atomic E-state index is 12.5. The number of carbonyl (C=O) groups excluding carboxylic acids is 1. The first kappa shape index (κ1) is 14.9. The zero-order chi connectivity index (χ0) is 15.9. The second-order valence-electron chi connectivity index (χ2n) is 5.40. The molecule has 0 saturated carbocycles. The fourth-order valence-corrected chi connectivity index (χ4v) is 5.22. The van der Waals surface area contributed by atoms with Gasteiger partial charge in [-0.05, 0) is 23.5 Å². The van der Waals surface area contributed by atoms with E-state index < -0.39 is 9.84 Å². The summed E-state index contributed by atoms with van der Waals surface area (Å²) in [7, 11) is -3.50. The number of sulfone groups is 1. The van der Waals surface area contributed by atoms with Gasteiger partial charge in [0.1, 0.15) is 15.2 Å². The number of Topliss-reactive ketones (excluding diaryl/α,β-unsaturated/α-hetero) is 1. The first-order chi connectivity index (χ1) is 10.4. The van der Waals surface area contributed by atoms with E-state index in [1.54, 1.807) is 0 Å². The van der Waals surface area contributed by atoms with Crippen molar-refractivity contribution in [2.45, 2.75) is 23.0 Å². The van der Waals surface area contributed by atoms with Crippen LogP contribution in [0.2, 0.25) is 0 Å². The lowest BCUT2D eigenvalue weighted by Crippen LogP contribution is -2.19. The van der Waals surface area contributed by atoms with Crippen LogP contribution >= 0.6 is 11.3 Å². The zero-order valence-corrected chi connectivity index (χ0v) is 13.5. The first-order valence-corrected chi connectivity index (χ1v) is 9.46. The molecule has 0 amide bonds. The van der Waals surface area contributed by atoms with Gasteiger partial charge < -0.3 is 0 Å². The number of fused-ring (bicyclic) bond motifs is 1. The Hall–Kier alpha value is -1.97. The van der Waals surface area contributed by atoms with Crippen LogP contribution in [0, 0.1) is 11.3 Å². The monoisotopic (exact) mass is 331 g/mol. The largest absolute Gasteiger partial charge is 0.294 e. The van der Waals surface area contributed by atoms with Gasteiger partial charge in [0, 0.05) is 12.7 Å². The van der Waals surface area contributed by atoms with Crippen molar-refractivity contribution in [3.8, 4) is 6.07 Å². The fraction of sp³-hybridized carbons (Fsp3) is 0.250. The molecule has 1 aliphatic rings. The number of benzene rings is 1. The predicted octanol–water partition coefficient (Wildman–Crippen LogP) is 2.94. The zero-order valence-electron chi connectivity index (χ0n) is 11.9. The van der Waals surface area contributed by atoms with Crippen LogP contribution < -0.4 is 0 Å². The van der Waals surface area contributed by atoms with Crippen LogP contribution in [0.25, 0.3) is 0 Å². The van der Waals surface area contributed by atoms with Gasteiger partial charge in [-0.2, -0.15) is 5.26 Å². The van der Waals surface area contributed by atoms with E-state index in [4.69, 9.17) is 0 Å². The smallest absolute Gasteiger partial charge is 0.185 e. The molecule has 0 aliphatic heterocycles. The van der Waals surface area contributed by atoms with Gasteiger partial charge in [-0.15, -0.1) is 11.3 Å². The molecule has 0 spiro atoms. The molecule has 0 saturated heterocycles. The molecule has 0 radical (unpaired) electrons. The summed E-state index contributed by atoms with van der Waals surface area (Å²) in [5, 5.41) is 9.27. The lowest BCUT2D eigenvalue weighted by atomic mass is 9.80. The minimum Gasteiger partial charge on any atom is -0.294 e. The summed E-state index contributed by atoms with van der Waals surface area (Å²) in [5.41, 5.74) is 1.88. The molecule has 0 N–H and O–H groups in total. The Kier molecular flexibility index (Phi) is 3.63. The summed E-state index contributed by atoms with van der Waals surface area (Å²) >= 11 is 0.913. The Bertz CT molecular complexity index is 889. The van der Waals surface area contributed by atoms with Crippen LogP contribution in [0.4, 0.5) is 0 Å². The summed E-state index contributed by atoms with van der Waals surface area (Å²) in [6.45, 7) is 0. The average Bonchev–Trinajstić information content (AvgIpc) is 2.87. The highest BCUT2D eigenvalue weighted by Gasteiger charge is 2.35. The molecule has 3 rings (SSSR count). The summed E-state index contributed by atoms with van der Waals surface area (Å²) in [5.74, 6) is -0.191. The number of rotatable bonds is 2. The third kappa shape index (κ3) is 2.47. The van der Waals surface area contributed by atoms with E-state index in [1.807, 2.05) is 36.4 Å². The van der Waals surface area contributed by atoms with Crippen LogP contribution in [-0.4, -0.2) is 20.5 Å². The summed E-state index contributed by atoms with van der Waals surface area (Å²) < 4.78 is 23.8. The van der Waals surface area contributed by atoms with Crippen molar-refractivity contribution in [3.63, 3.8) is 0 Å². The van der Waals surface area contributed by atoms with Crippen molar-refractivity contribution in [2.24, 2.45) is 0 Å². The molecule has 1 aliphatic carbocycles. The molecule has 0 fully saturated rings. The molecule has 1 atom stereocenters. The predicted molar refractivity (Wildman–Crippen MR) is 84.0 cm³/mol. The molecule has 1 heterocycles. The van der Waals surface area contributed by atoms with Crippen LogP contribution in [0.5, 0.6) is 0 Å². The molecule has 1 aromatic heterocycles.